The summed E-state index contributed by atoms with van der Waals surface area (Å²) < 4.78 is 1.98. The maximum atomic E-state index is 10.4. The van der Waals surface area contributed by atoms with Gasteiger partial charge in [-0.15, -0.1) is 0 Å². The first-order chi connectivity index (χ1) is 10.2. The van der Waals surface area contributed by atoms with Crippen LogP contribution < -0.4 is 0 Å². The molecule has 3 aromatic rings. The molecule has 3 heteroatoms. The normalized spacial score (nSPS) is 11.5. The molecule has 0 saturated carbocycles. The van der Waals surface area contributed by atoms with Gasteiger partial charge in [-0.2, -0.15) is 0 Å². The van der Waals surface area contributed by atoms with E-state index < -0.39 is 0 Å². The Morgan fingerprint density at radius 2 is 1.90 bits per heavy atom. The molecule has 3 rings (SSSR count). The lowest BCUT2D eigenvalue weighted by atomic mass is 10.1. The van der Waals surface area contributed by atoms with Gasteiger partial charge < -0.3 is 9.67 Å². The topological polar surface area (TPSA) is 38.1 Å². The number of rotatable bonds is 3. The van der Waals surface area contributed by atoms with Gasteiger partial charge in [0, 0.05) is 12.6 Å². The van der Waals surface area contributed by atoms with Crippen LogP contribution in [-0.4, -0.2) is 14.7 Å². The third kappa shape index (κ3) is 2.55. The van der Waals surface area contributed by atoms with Crippen molar-refractivity contribution in [1.29, 1.82) is 0 Å². The van der Waals surface area contributed by atoms with E-state index in [-0.39, 0.29) is 5.75 Å². The molecule has 1 N–H and O–H groups in total. The Labute approximate surface area is 124 Å². The van der Waals surface area contributed by atoms with E-state index in [1.165, 1.54) is 0 Å². The van der Waals surface area contributed by atoms with E-state index in [1.807, 2.05) is 48.9 Å². The van der Waals surface area contributed by atoms with Crippen LogP contribution in [0, 0.1) is 6.92 Å². The summed E-state index contributed by atoms with van der Waals surface area (Å²) in [6, 6.07) is 14.1. The molecule has 0 aliphatic carbocycles. The fourth-order valence-corrected chi connectivity index (χ4v) is 2.45. The molecule has 0 amide bonds. The Morgan fingerprint density at radius 3 is 2.67 bits per heavy atom. The molecule has 106 valence electrons. The van der Waals surface area contributed by atoms with E-state index in [1.54, 1.807) is 0 Å². The van der Waals surface area contributed by atoms with E-state index in [9.17, 15) is 5.11 Å². The van der Waals surface area contributed by atoms with Crippen LogP contribution in [0.4, 0.5) is 0 Å². The van der Waals surface area contributed by atoms with Crippen molar-refractivity contribution in [3.8, 4) is 5.75 Å². The number of nitrogens with zero attached hydrogens (tertiary/aromatic N) is 2. The molecule has 2 aromatic carbocycles. The minimum atomic E-state index is 0.286. The monoisotopic (exact) mass is 278 g/mol. The van der Waals surface area contributed by atoms with E-state index >= 15 is 0 Å². The van der Waals surface area contributed by atoms with Crippen LogP contribution in [0.5, 0.6) is 5.75 Å². The van der Waals surface area contributed by atoms with Crippen LogP contribution in [0.15, 0.2) is 48.5 Å². The van der Waals surface area contributed by atoms with Gasteiger partial charge in [0.25, 0.3) is 0 Å². The van der Waals surface area contributed by atoms with E-state index in [0.29, 0.717) is 11.9 Å². The van der Waals surface area contributed by atoms with Gasteiger partial charge in [0.2, 0.25) is 0 Å². The molecule has 21 heavy (non-hydrogen) atoms. The SMILES string of the molecule is Cc1nc2c(O)c(CC=Cc3ccccc3)ccc2n1C. The molecule has 0 radical (unpaired) electrons. The van der Waals surface area contributed by atoms with Gasteiger partial charge in [-0.1, -0.05) is 48.6 Å². The summed E-state index contributed by atoms with van der Waals surface area (Å²) >= 11 is 0. The second-order valence-corrected chi connectivity index (χ2v) is 5.18. The number of phenolic OH excluding ortho intramolecular Hbond substituents is 1. The van der Waals surface area contributed by atoms with Crippen molar-refractivity contribution in [2.24, 2.45) is 7.05 Å². The number of imidazole rings is 1. The summed E-state index contributed by atoms with van der Waals surface area (Å²) in [6.07, 6.45) is 4.81. The van der Waals surface area contributed by atoms with Crippen LogP contribution in [0.3, 0.4) is 0 Å². The highest BCUT2D eigenvalue weighted by Crippen LogP contribution is 2.29. The van der Waals surface area contributed by atoms with E-state index in [4.69, 9.17) is 0 Å². The largest absolute Gasteiger partial charge is 0.505 e. The fraction of sp³-hybridized carbons (Fsp3) is 0.167. The minimum Gasteiger partial charge on any atom is -0.505 e. The zero-order valence-electron chi connectivity index (χ0n) is 12.2. The predicted octanol–water partition coefficient (Wildman–Crippen LogP) is 3.84. The van der Waals surface area contributed by atoms with Crippen molar-refractivity contribution >= 4 is 17.1 Å². The van der Waals surface area contributed by atoms with Gasteiger partial charge in [0.1, 0.15) is 17.1 Å². The molecular weight excluding hydrogens is 260 g/mol. The number of aryl methyl sites for hydroxylation is 2. The summed E-state index contributed by atoms with van der Waals surface area (Å²) in [7, 11) is 1.96. The first kappa shape index (κ1) is 13.4. The quantitative estimate of drug-likeness (QED) is 0.790. The second kappa shape index (κ2) is 5.44. The predicted molar refractivity (Wildman–Crippen MR) is 86.3 cm³/mol. The standard InChI is InChI=1S/C18H18N2O/c1-13-19-17-16(20(13)2)12-11-15(18(17)21)10-6-9-14-7-4-3-5-8-14/h3-9,11-12,21H,10H2,1-2H3. The second-order valence-electron chi connectivity index (χ2n) is 5.18. The van der Waals surface area contributed by atoms with Gasteiger partial charge in [0.15, 0.2) is 0 Å². The van der Waals surface area contributed by atoms with Crippen molar-refractivity contribution in [2.75, 3.05) is 0 Å². The van der Waals surface area contributed by atoms with Gasteiger partial charge in [0.05, 0.1) is 5.52 Å². The molecule has 0 unspecified atom stereocenters. The van der Waals surface area contributed by atoms with Crippen LogP contribution in [-0.2, 0) is 13.5 Å². The average Bonchev–Trinajstić information content (AvgIpc) is 2.79. The van der Waals surface area contributed by atoms with Gasteiger partial charge in [-0.25, -0.2) is 4.98 Å². The molecule has 0 saturated heterocycles. The van der Waals surface area contributed by atoms with Crippen molar-refractivity contribution < 1.29 is 5.11 Å². The van der Waals surface area contributed by atoms with Crippen molar-refractivity contribution in [1.82, 2.24) is 9.55 Å². The van der Waals surface area contributed by atoms with Crippen molar-refractivity contribution in [2.45, 2.75) is 13.3 Å². The maximum Gasteiger partial charge on any atom is 0.146 e. The summed E-state index contributed by atoms with van der Waals surface area (Å²) in [5, 5.41) is 10.4. The number of aromatic hydroxyl groups is 1. The fourth-order valence-electron chi connectivity index (χ4n) is 2.45. The molecule has 0 spiro atoms. The molecule has 1 aromatic heterocycles. The molecule has 0 atom stereocenters. The third-order valence-corrected chi connectivity index (χ3v) is 3.78. The Morgan fingerprint density at radius 1 is 1.14 bits per heavy atom. The van der Waals surface area contributed by atoms with Crippen LogP contribution in [0.2, 0.25) is 0 Å². The van der Waals surface area contributed by atoms with Crippen molar-refractivity contribution in [3.05, 3.63) is 65.5 Å². The molecule has 0 bridgehead atoms. The number of aromatic nitrogens is 2. The van der Waals surface area contributed by atoms with Gasteiger partial charge in [-0.3, -0.25) is 0 Å². The Kier molecular flexibility index (Phi) is 3.48. The summed E-state index contributed by atoms with van der Waals surface area (Å²) in [5.74, 6) is 1.19. The summed E-state index contributed by atoms with van der Waals surface area (Å²) in [6.45, 7) is 1.94. The number of benzene rings is 2. The lowest BCUT2D eigenvalue weighted by Gasteiger charge is -2.03. The highest BCUT2D eigenvalue weighted by atomic mass is 16.3. The minimum absolute atomic E-state index is 0.286. The Balaban J connectivity index is 1.88. The molecule has 0 aliphatic heterocycles. The first-order valence-electron chi connectivity index (χ1n) is 7.02. The van der Waals surface area contributed by atoms with Gasteiger partial charge in [-0.05, 0) is 25.0 Å². The first-order valence-corrected chi connectivity index (χ1v) is 7.02. The lowest BCUT2D eigenvalue weighted by Crippen LogP contribution is -1.90. The number of allylic oxidation sites excluding steroid dienone is 1. The average molecular weight is 278 g/mol. The molecular formula is C18H18N2O. The van der Waals surface area contributed by atoms with Crippen LogP contribution >= 0.6 is 0 Å². The lowest BCUT2D eigenvalue weighted by molar-refractivity contribution is 0.475. The highest BCUT2D eigenvalue weighted by Gasteiger charge is 2.11. The molecule has 0 fully saturated rings. The van der Waals surface area contributed by atoms with E-state index in [2.05, 4.69) is 29.3 Å². The highest BCUT2D eigenvalue weighted by molar-refractivity contribution is 5.83. The smallest absolute Gasteiger partial charge is 0.146 e. The Hall–Kier alpha value is -2.55. The number of hydrogen-bond acceptors (Lipinski definition) is 2. The number of phenols is 1. The maximum absolute atomic E-state index is 10.4. The third-order valence-electron chi connectivity index (χ3n) is 3.78. The van der Waals surface area contributed by atoms with Crippen LogP contribution in [0.25, 0.3) is 17.1 Å². The molecule has 3 nitrogen and oxygen atoms in total. The summed E-state index contributed by atoms with van der Waals surface area (Å²) in [4.78, 5) is 4.43. The van der Waals surface area contributed by atoms with E-state index in [0.717, 1.165) is 22.5 Å². The van der Waals surface area contributed by atoms with Crippen molar-refractivity contribution in [3.63, 3.8) is 0 Å². The summed E-state index contributed by atoms with van der Waals surface area (Å²) in [5.41, 5.74) is 3.70. The number of hydrogen-bond donors (Lipinski definition) is 1. The molecule has 0 aliphatic rings. The zero-order valence-corrected chi connectivity index (χ0v) is 12.2. The Bertz CT molecular complexity index is 801. The van der Waals surface area contributed by atoms with Gasteiger partial charge >= 0.3 is 0 Å². The number of fused-ring (bicyclic) bond motifs is 1. The zero-order chi connectivity index (χ0) is 14.8. The van der Waals surface area contributed by atoms with Crippen LogP contribution in [0.1, 0.15) is 17.0 Å². The molecule has 1 heterocycles.